The van der Waals surface area contributed by atoms with Crippen LogP contribution in [-0.4, -0.2) is 38.2 Å². The van der Waals surface area contributed by atoms with Gasteiger partial charge in [0.1, 0.15) is 0 Å². The molecule has 8 nitrogen and oxygen atoms in total. The van der Waals surface area contributed by atoms with E-state index in [0.29, 0.717) is 22.8 Å². The second kappa shape index (κ2) is 10.8. The number of phosphoric ester groups is 1. The van der Waals surface area contributed by atoms with Crippen LogP contribution < -0.4 is 53.0 Å². The summed E-state index contributed by atoms with van der Waals surface area (Å²) < 4.78 is 36.8. The van der Waals surface area contributed by atoms with Crippen LogP contribution in [0.4, 0.5) is 0 Å². The van der Waals surface area contributed by atoms with Crippen molar-refractivity contribution >= 4 is 20.0 Å². The SMILES string of the molecule is COc1ccc(/C=C\c2cc(OC)c(OC)c(OC)c2)cc1OP(=O)(O)O.[H-].[Na+]. The van der Waals surface area contributed by atoms with Crippen LogP contribution in [0, 0.1) is 0 Å². The number of methoxy groups -OCH3 is 4. The van der Waals surface area contributed by atoms with Crippen LogP contribution in [0.25, 0.3) is 12.2 Å². The minimum absolute atomic E-state index is 0. The molecule has 2 aromatic carbocycles. The van der Waals surface area contributed by atoms with Crippen molar-refractivity contribution in [1.82, 2.24) is 0 Å². The van der Waals surface area contributed by atoms with Gasteiger partial charge >= 0.3 is 37.4 Å². The molecule has 0 heterocycles. The summed E-state index contributed by atoms with van der Waals surface area (Å²) in [6.07, 6.45) is 3.53. The molecule has 0 spiro atoms. The van der Waals surface area contributed by atoms with Crippen molar-refractivity contribution < 1.29 is 68.8 Å². The first-order valence-corrected chi connectivity index (χ1v) is 9.25. The van der Waals surface area contributed by atoms with Gasteiger partial charge in [-0.1, -0.05) is 18.2 Å². The minimum Gasteiger partial charge on any atom is -1.00 e. The fourth-order valence-electron chi connectivity index (χ4n) is 2.39. The summed E-state index contributed by atoms with van der Waals surface area (Å²) in [6.45, 7) is 0. The standard InChI is InChI=1S/C18H21O8P.Na.H/c1-22-14-8-7-12(9-15(14)26-27(19,20)21)5-6-13-10-16(23-2)18(25-4)17(11-13)24-3;;/h5-11H,1-4H3,(H2,19,20,21);;/q;+1;-1/b6-5-;;. The van der Waals surface area contributed by atoms with Gasteiger partial charge in [-0.3, -0.25) is 9.79 Å². The van der Waals surface area contributed by atoms with E-state index in [2.05, 4.69) is 4.52 Å². The normalized spacial score (nSPS) is 10.9. The van der Waals surface area contributed by atoms with Crippen molar-refractivity contribution in [3.8, 4) is 28.7 Å². The maximum atomic E-state index is 11.1. The third-order valence-electron chi connectivity index (χ3n) is 3.56. The quantitative estimate of drug-likeness (QED) is 0.361. The molecule has 0 unspecified atom stereocenters. The van der Waals surface area contributed by atoms with E-state index in [4.69, 9.17) is 28.7 Å². The van der Waals surface area contributed by atoms with Crippen molar-refractivity contribution in [2.75, 3.05) is 28.4 Å². The van der Waals surface area contributed by atoms with E-state index >= 15 is 0 Å². The maximum absolute atomic E-state index is 11.1. The van der Waals surface area contributed by atoms with Gasteiger partial charge in [0.15, 0.2) is 23.0 Å². The van der Waals surface area contributed by atoms with Gasteiger partial charge in [0.25, 0.3) is 0 Å². The van der Waals surface area contributed by atoms with Gasteiger partial charge < -0.3 is 24.9 Å². The fraction of sp³-hybridized carbons (Fsp3) is 0.222. The Hall–Kier alpha value is -1.67. The Morgan fingerprint density at radius 2 is 1.29 bits per heavy atom. The van der Waals surface area contributed by atoms with Gasteiger partial charge in [-0.15, -0.1) is 0 Å². The first-order valence-electron chi connectivity index (χ1n) is 7.72. The summed E-state index contributed by atoms with van der Waals surface area (Å²) in [6, 6.07) is 8.29. The summed E-state index contributed by atoms with van der Waals surface area (Å²) in [5, 5.41) is 0. The van der Waals surface area contributed by atoms with E-state index in [9.17, 15) is 4.57 Å². The van der Waals surface area contributed by atoms with Crippen LogP contribution in [0.1, 0.15) is 12.6 Å². The molecule has 2 rings (SSSR count). The molecule has 2 aromatic rings. The molecule has 0 aliphatic heterocycles. The molecule has 10 heteroatoms. The molecule has 0 atom stereocenters. The molecular weight excluding hydrogens is 398 g/mol. The summed E-state index contributed by atoms with van der Waals surface area (Å²) in [7, 11) is 1.26. The molecule has 0 bridgehead atoms. The monoisotopic (exact) mass is 420 g/mol. The molecule has 0 saturated heterocycles. The fourth-order valence-corrected chi connectivity index (χ4v) is 2.79. The smallest absolute Gasteiger partial charge is 1.00 e. The molecule has 0 aliphatic carbocycles. The molecule has 0 fully saturated rings. The van der Waals surface area contributed by atoms with Gasteiger partial charge in [-0.25, -0.2) is 4.57 Å². The zero-order valence-corrected chi connectivity index (χ0v) is 19.2. The molecule has 0 radical (unpaired) electrons. The Morgan fingerprint density at radius 1 is 0.786 bits per heavy atom. The first kappa shape index (κ1) is 24.4. The molecule has 0 aromatic heterocycles. The van der Waals surface area contributed by atoms with Crippen LogP contribution in [-0.2, 0) is 4.57 Å². The second-order valence-electron chi connectivity index (χ2n) is 5.28. The third kappa shape index (κ3) is 6.44. The van der Waals surface area contributed by atoms with Crippen molar-refractivity contribution in [3.63, 3.8) is 0 Å². The number of hydrogen-bond acceptors (Lipinski definition) is 6. The van der Waals surface area contributed by atoms with Crippen molar-refractivity contribution in [1.29, 1.82) is 0 Å². The second-order valence-corrected chi connectivity index (χ2v) is 6.45. The number of benzene rings is 2. The van der Waals surface area contributed by atoms with Gasteiger partial charge in [0, 0.05) is 0 Å². The Kier molecular flexibility index (Phi) is 9.36. The first-order chi connectivity index (χ1) is 12.8. The van der Waals surface area contributed by atoms with Gasteiger partial charge in [0.05, 0.1) is 28.4 Å². The Balaban J connectivity index is 0.00000392. The summed E-state index contributed by atoms with van der Waals surface area (Å²) in [5.41, 5.74) is 1.42. The van der Waals surface area contributed by atoms with Crippen LogP contribution in [0.5, 0.6) is 28.7 Å². The summed E-state index contributed by atoms with van der Waals surface area (Å²) in [5.74, 6) is 1.66. The molecular formula is C18H22NaO8P. The summed E-state index contributed by atoms with van der Waals surface area (Å²) >= 11 is 0. The van der Waals surface area contributed by atoms with Gasteiger partial charge in [0.2, 0.25) is 5.75 Å². The number of hydrogen-bond donors (Lipinski definition) is 2. The molecule has 0 amide bonds. The topological polar surface area (TPSA) is 104 Å². The third-order valence-corrected chi connectivity index (χ3v) is 3.99. The van der Waals surface area contributed by atoms with E-state index in [1.165, 1.54) is 34.5 Å². The van der Waals surface area contributed by atoms with Crippen LogP contribution in [0.3, 0.4) is 0 Å². The zero-order chi connectivity index (χ0) is 20.0. The molecule has 2 N–H and O–H groups in total. The maximum Gasteiger partial charge on any atom is 1.00 e. The van der Waals surface area contributed by atoms with Crippen LogP contribution in [0.2, 0.25) is 0 Å². The molecule has 28 heavy (non-hydrogen) atoms. The average molecular weight is 420 g/mol. The predicted octanol–water partition coefficient (Wildman–Crippen LogP) is 0.479. The van der Waals surface area contributed by atoms with Crippen LogP contribution in [0.15, 0.2) is 30.3 Å². The summed E-state index contributed by atoms with van der Waals surface area (Å²) in [4.78, 5) is 18.1. The molecule has 0 aliphatic rings. The number of phosphoric acid groups is 1. The predicted molar refractivity (Wildman–Crippen MR) is 102 cm³/mol. The number of rotatable bonds is 8. The molecule has 148 valence electrons. The largest absolute Gasteiger partial charge is 1.00 e. The minimum atomic E-state index is -4.71. The van der Waals surface area contributed by atoms with Gasteiger partial charge in [-0.2, -0.15) is 0 Å². The van der Waals surface area contributed by atoms with Gasteiger partial charge in [-0.05, 0) is 35.4 Å². The van der Waals surface area contributed by atoms with Crippen molar-refractivity contribution in [2.24, 2.45) is 0 Å². The average Bonchev–Trinajstić information content (AvgIpc) is 2.64. The van der Waals surface area contributed by atoms with E-state index in [1.54, 1.807) is 36.4 Å². The Labute approximate surface area is 187 Å². The van der Waals surface area contributed by atoms with Crippen molar-refractivity contribution in [2.45, 2.75) is 0 Å². The van der Waals surface area contributed by atoms with E-state index in [1.807, 2.05) is 0 Å². The zero-order valence-electron chi connectivity index (χ0n) is 17.3. The van der Waals surface area contributed by atoms with E-state index in [-0.39, 0.29) is 42.5 Å². The Bertz CT molecular complexity index is 859. The van der Waals surface area contributed by atoms with Crippen LogP contribution >= 0.6 is 7.82 Å². The van der Waals surface area contributed by atoms with E-state index < -0.39 is 7.82 Å². The number of ether oxygens (including phenoxy) is 4. The van der Waals surface area contributed by atoms with E-state index in [0.717, 1.165) is 5.56 Å². The van der Waals surface area contributed by atoms with Crippen molar-refractivity contribution in [3.05, 3.63) is 41.5 Å². The molecule has 0 saturated carbocycles. The Morgan fingerprint density at radius 3 is 1.75 bits per heavy atom.